The average molecular weight is 301 g/mol. The van der Waals surface area contributed by atoms with Crippen molar-refractivity contribution >= 4 is 11.6 Å². The van der Waals surface area contributed by atoms with Crippen molar-refractivity contribution in [3.05, 3.63) is 70.8 Å². The normalized spacial score (nSPS) is 13.2. The molecule has 0 aromatic heterocycles. The molecule has 21 heavy (non-hydrogen) atoms. The molecule has 0 saturated heterocycles. The Kier molecular flexibility index (Phi) is 5.11. The van der Waals surface area contributed by atoms with Crippen molar-refractivity contribution in [2.75, 3.05) is 5.88 Å². The molecule has 0 aliphatic rings. The van der Waals surface area contributed by atoms with E-state index in [2.05, 4.69) is 76.2 Å². The molecule has 112 valence electrons. The molecular formula is C20H25Cl. The van der Waals surface area contributed by atoms with Gasteiger partial charge in [-0.2, -0.15) is 0 Å². The molecule has 1 atom stereocenters. The lowest BCUT2D eigenvalue weighted by Crippen LogP contribution is -2.11. The summed E-state index contributed by atoms with van der Waals surface area (Å²) in [4.78, 5) is 0. The first-order chi connectivity index (χ1) is 9.91. The van der Waals surface area contributed by atoms with Crippen LogP contribution in [0.3, 0.4) is 0 Å². The smallest absolute Gasteiger partial charge is 0.0295 e. The highest BCUT2D eigenvalue weighted by atomic mass is 35.5. The van der Waals surface area contributed by atoms with Gasteiger partial charge >= 0.3 is 0 Å². The fraction of sp³-hybridized carbons (Fsp3) is 0.400. The molecule has 1 unspecified atom stereocenters. The number of alkyl halides is 1. The molecule has 2 aromatic carbocycles. The van der Waals surface area contributed by atoms with Gasteiger partial charge < -0.3 is 0 Å². The number of hydrogen-bond acceptors (Lipinski definition) is 0. The molecule has 0 heterocycles. The van der Waals surface area contributed by atoms with E-state index < -0.39 is 0 Å². The maximum atomic E-state index is 6.23. The van der Waals surface area contributed by atoms with Crippen molar-refractivity contribution < 1.29 is 0 Å². The molecular weight excluding hydrogens is 276 g/mol. The lowest BCUT2D eigenvalue weighted by Gasteiger charge is -2.20. The predicted octanol–water partition coefficient (Wildman–Crippen LogP) is 5.86. The van der Waals surface area contributed by atoms with Crippen LogP contribution >= 0.6 is 11.6 Å². The predicted molar refractivity (Wildman–Crippen MR) is 93.5 cm³/mol. The van der Waals surface area contributed by atoms with Crippen LogP contribution in [0.5, 0.6) is 0 Å². The third-order valence-electron chi connectivity index (χ3n) is 4.12. The molecule has 0 aliphatic heterocycles. The summed E-state index contributed by atoms with van der Waals surface area (Å²) in [7, 11) is 0. The third kappa shape index (κ3) is 4.11. The maximum absolute atomic E-state index is 6.23. The topological polar surface area (TPSA) is 0 Å². The van der Waals surface area contributed by atoms with Gasteiger partial charge in [0.05, 0.1) is 0 Å². The van der Waals surface area contributed by atoms with E-state index in [4.69, 9.17) is 11.6 Å². The molecule has 0 saturated carbocycles. The Morgan fingerprint density at radius 3 is 2.10 bits per heavy atom. The van der Waals surface area contributed by atoms with Crippen LogP contribution < -0.4 is 0 Å². The first-order valence-corrected chi connectivity index (χ1v) is 8.16. The molecule has 2 aromatic rings. The highest BCUT2D eigenvalue weighted by Gasteiger charge is 2.15. The second-order valence-electron chi connectivity index (χ2n) is 6.86. The molecule has 0 aliphatic carbocycles. The van der Waals surface area contributed by atoms with Crippen LogP contribution in [0, 0.1) is 6.92 Å². The summed E-state index contributed by atoms with van der Waals surface area (Å²) in [6.45, 7) is 8.91. The average Bonchev–Trinajstić information content (AvgIpc) is 2.45. The summed E-state index contributed by atoms with van der Waals surface area (Å²) < 4.78 is 0. The summed E-state index contributed by atoms with van der Waals surface area (Å²) in [6.07, 6.45) is 0.999. The van der Waals surface area contributed by atoms with E-state index in [-0.39, 0.29) is 5.41 Å². The first-order valence-electron chi connectivity index (χ1n) is 7.62. The van der Waals surface area contributed by atoms with Gasteiger partial charge in [-0.1, -0.05) is 69.3 Å². The Bertz CT molecular complexity index is 576. The van der Waals surface area contributed by atoms with Crippen LogP contribution in [0.1, 0.15) is 48.9 Å². The van der Waals surface area contributed by atoms with Gasteiger partial charge in [-0.15, -0.1) is 11.6 Å². The van der Waals surface area contributed by atoms with Crippen molar-refractivity contribution in [1.82, 2.24) is 0 Å². The molecule has 0 spiro atoms. The van der Waals surface area contributed by atoms with Crippen LogP contribution in [-0.2, 0) is 11.8 Å². The fourth-order valence-electron chi connectivity index (χ4n) is 2.72. The summed E-state index contributed by atoms with van der Waals surface area (Å²) in [5.74, 6) is 1.04. The van der Waals surface area contributed by atoms with Crippen molar-refractivity contribution in [2.24, 2.45) is 0 Å². The van der Waals surface area contributed by atoms with Crippen molar-refractivity contribution in [3.63, 3.8) is 0 Å². The third-order valence-corrected chi connectivity index (χ3v) is 4.49. The van der Waals surface area contributed by atoms with Crippen LogP contribution in [0.15, 0.2) is 48.5 Å². The number of halogens is 1. The minimum absolute atomic E-state index is 0.209. The SMILES string of the molecule is Cc1ccccc1C(CCl)Cc1ccc(C(C)(C)C)cc1. The van der Waals surface area contributed by atoms with Gasteiger partial charge in [0.2, 0.25) is 0 Å². The van der Waals surface area contributed by atoms with E-state index in [1.54, 1.807) is 0 Å². The van der Waals surface area contributed by atoms with Gasteiger partial charge in [0.15, 0.2) is 0 Å². The van der Waals surface area contributed by atoms with E-state index in [9.17, 15) is 0 Å². The number of rotatable bonds is 4. The van der Waals surface area contributed by atoms with E-state index in [0.717, 1.165) is 6.42 Å². The van der Waals surface area contributed by atoms with Gasteiger partial charge in [-0.05, 0) is 41.0 Å². The summed E-state index contributed by atoms with van der Waals surface area (Å²) in [5.41, 5.74) is 5.64. The molecule has 0 nitrogen and oxygen atoms in total. The first kappa shape index (κ1) is 16.1. The maximum Gasteiger partial charge on any atom is 0.0295 e. The Morgan fingerprint density at radius 1 is 0.952 bits per heavy atom. The number of aryl methyl sites for hydroxylation is 1. The van der Waals surface area contributed by atoms with Crippen molar-refractivity contribution in [2.45, 2.75) is 45.4 Å². The monoisotopic (exact) mass is 300 g/mol. The van der Waals surface area contributed by atoms with Crippen LogP contribution in [0.4, 0.5) is 0 Å². The van der Waals surface area contributed by atoms with Gasteiger partial charge in [-0.3, -0.25) is 0 Å². The van der Waals surface area contributed by atoms with Crippen molar-refractivity contribution in [3.8, 4) is 0 Å². The molecule has 0 amide bonds. The highest BCUT2D eigenvalue weighted by Crippen LogP contribution is 2.27. The molecule has 0 fully saturated rings. The minimum atomic E-state index is 0.209. The lowest BCUT2D eigenvalue weighted by molar-refractivity contribution is 0.589. The van der Waals surface area contributed by atoms with Crippen molar-refractivity contribution in [1.29, 1.82) is 0 Å². The Labute approximate surface area is 134 Å². The second kappa shape index (κ2) is 6.66. The van der Waals surface area contributed by atoms with E-state index >= 15 is 0 Å². The number of hydrogen-bond donors (Lipinski definition) is 0. The Morgan fingerprint density at radius 2 is 1.57 bits per heavy atom. The largest absolute Gasteiger partial charge is 0.126 e. The summed E-state index contributed by atoms with van der Waals surface area (Å²) in [6, 6.07) is 17.5. The van der Waals surface area contributed by atoms with Gasteiger partial charge in [-0.25, -0.2) is 0 Å². The highest BCUT2D eigenvalue weighted by molar-refractivity contribution is 6.18. The Balaban J connectivity index is 2.18. The molecule has 0 radical (unpaired) electrons. The minimum Gasteiger partial charge on any atom is -0.126 e. The summed E-state index contributed by atoms with van der Waals surface area (Å²) >= 11 is 6.23. The molecule has 0 bridgehead atoms. The fourth-order valence-corrected chi connectivity index (χ4v) is 2.99. The van der Waals surface area contributed by atoms with Crippen LogP contribution in [0.25, 0.3) is 0 Å². The zero-order valence-corrected chi connectivity index (χ0v) is 14.2. The molecule has 1 heteroatoms. The Hall–Kier alpha value is -1.27. The lowest BCUT2D eigenvalue weighted by atomic mass is 9.85. The standard InChI is InChI=1S/C20H25Cl/c1-15-7-5-6-8-19(15)17(14-21)13-16-9-11-18(12-10-16)20(2,3)4/h5-12,17H,13-14H2,1-4H3. The van der Waals surface area contributed by atoms with E-state index in [1.807, 2.05) is 0 Å². The quantitative estimate of drug-likeness (QED) is 0.621. The zero-order chi connectivity index (χ0) is 15.5. The number of benzene rings is 2. The summed E-state index contributed by atoms with van der Waals surface area (Å²) in [5, 5.41) is 0. The van der Waals surface area contributed by atoms with Gasteiger partial charge in [0.25, 0.3) is 0 Å². The van der Waals surface area contributed by atoms with Gasteiger partial charge in [0, 0.05) is 11.8 Å². The van der Waals surface area contributed by atoms with Crippen LogP contribution in [0.2, 0.25) is 0 Å². The van der Waals surface area contributed by atoms with E-state index in [0.29, 0.717) is 11.8 Å². The second-order valence-corrected chi connectivity index (χ2v) is 7.17. The van der Waals surface area contributed by atoms with Crippen LogP contribution in [-0.4, -0.2) is 5.88 Å². The molecule has 2 rings (SSSR count). The van der Waals surface area contributed by atoms with E-state index in [1.165, 1.54) is 22.3 Å². The zero-order valence-electron chi connectivity index (χ0n) is 13.5. The molecule has 0 N–H and O–H groups in total. The van der Waals surface area contributed by atoms with Gasteiger partial charge in [0.1, 0.15) is 0 Å².